The van der Waals surface area contributed by atoms with Crippen molar-refractivity contribution < 1.29 is 24.2 Å². The molecule has 1 aromatic carbocycles. The van der Waals surface area contributed by atoms with Crippen LogP contribution in [0, 0.1) is 0 Å². The fourth-order valence-corrected chi connectivity index (χ4v) is 6.08. The summed E-state index contributed by atoms with van der Waals surface area (Å²) in [5, 5.41) is 9.58. The first-order valence-corrected chi connectivity index (χ1v) is 18.3. The molecule has 1 rings (SSSR count). The van der Waals surface area contributed by atoms with E-state index in [9.17, 15) is 14.7 Å². The molecule has 254 valence electrons. The van der Waals surface area contributed by atoms with E-state index in [0.717, 1.165) is 25.7 Å². The third kappa shape index (κ3) is 17.3. The molecule has 0 aliphatic heterocycles. The Labute approximate surface area is 270 Å². The van der Waals surface area contributed by atoms with Gasteiger partial charge in [-0.3, -0.25) is 4.79 Å². The second-order valence-corrected chi connectivity index (χ2v) is 12.6. The summed E-state index contributed by atoms with van der Waals surface area (Å²) in [4.78, 5) is 27.4. The number of amides is 1. The first-order chi connectivity index (χ1) is 21.5. The van der Waals surface area contributed by atoms with Crippen LogP contribution in [0.3, 0.4) is 0 Å². The summed E-state index contributed by atoms with van der Waals surface area (Å²) in [5.41, 5.74) is 0.363. The fraction of sp³-hybridized carbons (Fsp3) is 0.789. The molecule has 0 spiro atoms. The molecule has 0 aliphatic rings. The highest BCUT2D eigenvalue weighted by molar-refractivity contribution is 6.01. The lowest BCUT2D eigenvalue weighted by Gasteiger charge is -2.24. The molecule has 6 nitrogen and oxygen atoms in total. The molecule has 0 atom stereocenters. The lowest BCUT2D eigenvalue weighted by Crippen LogP contribution is -2.33. The minimum atomic E-state index is -1.11. The van der Waals surface area contributed by atoms with E-state index in [4.69, 9.17) is 9.47 Å². The van der Waals surface area contributed by atoms with Gasteiger partial charge in [0.05, 0.1) is 19.8 Å². The molecule has 6 heteroatoms. The highest BCUT2D eigenvalue weighted by Gasteiger charge is 2.26. The number of methoxy groups -OCH3 is 2. The predicted octanol–water partition coefficient (Wildman–Crippen LogP) is 11.2. The average Bonchev–Trinajstić information content (AvgIpc) is 3.03. The van der Waals surface area contributed by atoms with Crippen molar-refractivity contribution in [3.8, 4) is 11.5 Å². The molecule has 0 saturated carbocycles. The van der Waals surface area contributed by atoms with Gasteiger partial charge >= 0.3 is 5.97 Å². The third-order valence-electron chi connectivity index (χ3n) is 8.83. The number of hydrogen-bond acceptors (Lipinski definition) is 4. The minimum Gasteiger partial charge on any atom is -0.492 e. The molecule has 0 aromatic heterocycles. The van der Waals surface area contributed by atoms with E-state index in [-0.39, 0.29) is 23.0 Å². The van der Waals surface area contributed by atoms with Crippen LogP contribution < -0.4 is 9.47 Å². The maximum atomic E-state index is 13.8. The quantitative estimate of drug-likeness (QED) is 0.0869. The number of carboxylic acid groups (broad SMARTS) is 1. The van der Waals surface area contributed by atoms with Gasteiger partial charge in [-0.05, 0) is 25.0 Å². The number of benzene rings is 1. The van der Waals surface area contributed by atoms with Gasteiger partial charge in [0.25, 0.3) is 5.91 Å². The molecule has 1 amide bonds. The number of aromatic carboxylic acids is 1. The zero-order chi connectivity index (χ0) is 32.3. The van der Waals surface area contributed by atoms with E-state index < -0.39 is 5.97 Å². The Hall–Kier alpha value is -2.24. The van der Waals surface area contributed by atoms with E-state index in [1.54, 1.807) is 6.07 Å². The van der Waals surface area contributed by atoms with Crippen molar-refractivity contribution in [3.05, 3.63) is 23.3 Å². The van der Waals surface area contributed by atoms with Gasteiger partial charge in [-0.1, -0.05) is 155 Å². The van der Waals surface area contributed by atoms with E-state index in [1.807, 2.05) is 4.90 Å². The van der Waals surface area contributed by atoms with Crippen molar-refractivity contribution in [2.75, 3.05) is 27.3 Å². The maximum absolute atomic E-state index is 13.8. The number of carbonyl (C=O) groups is 2. The van der Waals surface area contributed by atoms with Crippen LogP contribution in [0.15, 0.2) is 12.1 Å². The van der Waals surface area contributed by atoms with E-state index in [2.05, 4.69) is 13.8 Å². The topological polar surface area (TPSA) is 76.1 Å². The van der Waals surface area contributed by atoms with Gasteiger partial charge in [-0.15, -0.1) is 0 Å². The van der Waals surface area contributed by atoms with Gasteiger partial charge in [0, 0.05) is 13.1 Å². The number of unbranched alkanes of at least 4 members (excludes halogenated alkanes) is 22. The zero-order valence-corrected chi connectivity index (χ0v) is 29.1. The van der Waals surface area contributed by atoms with Crippen LogP contribution in [0.2, 0.25) is 0 Å². The Bertz CT molecular complexity index is 843. The highest BCUT2D eigenvalue weighted by atomic mass is 16.5. The number of carbonyl (C=O) groups excluding carboxylic acids is 1. The Morgan fingerprint density at radius 2 is 0.818 bits per heavy atom. The standard InChI is InChI=1S/C38H67NO5/c1-5-7-9-11-13-15-17-19-21-23-25-27-31-39(32-28-26-24-22-20-18-16-14-12-10-8-6-2)37(40)33-29-30-34(38(41)42)36(44-4)35(33)43-3/h29-30H,5-28,31-32H2,1-4H3,(H,41,42). The van der Waals surface area contributed by atoms with E-state index in [0.29, 0.717) is 18.7 Å². The predicted molar refractivity (Wildman–Crippen MR) is 185 cm³/mol. The molecule has 0 saturated heterocycles. The van der Waals surface area contributed by atoms with Gasteiger partial charge in [0.1, 0.15) is 5.56 Å². The third-order valence-corrected chi connectivity index (χ3v) is 8.83. The summed E-state index contributed by atoms with van der Waals surface area (Å²) in [6.07, 6.45) is 30.8. The molecule has 0 radical (unpaired) electrons. The van der Waals surface area contributed by atoms with Crippen LogP contribution in [0.1, 0.15) is 189 Å². The summed E-state index contributed by atoms with van der Waals surface area (Å²) in [6, 6.07) is 3.02. The van der Waals surface area contributed by atoms with Gasteiger partial charge in [0.2, 0.25) is 0 Å². The molecule has 0 unspecified atom stereocenters. The number of nitrogens with zero attached hydrogens (tertiary/aromatic N) is 1. The first kappa shape index (κ1) is 39.8. The fourth-order valence-electron chi connectivity index (χ4n) is 6.08. The van der Waals surface area contributed by atoms with Crippen LogP contribution >= 0.6 is 0 Å². The van der Waals surface area contributed by atoms with Crippen LogP contribution in [0.5, 0.6) is 11.5 Å². The molecule has 0 aliphatic carbocycles. The van der Waals surface area contributed by atoms with Crippen molar-refractivity contribution in [2.45, 2.75) is 168 Å². The lowest BCUT2D eigenvalue weighted by atomic mass is 10.0. The molecule has 0 bridgehead atoms. The SMILES string of the molecule is CCCCCCCCCCCCCCN(CCCCCCCCCCCCCC)C(=O)c1ccc(C(=O)O)c(OC)c1OC. The summed E-state index contributed by atoms with van der Waals surface area (Å²) in [7, 11) is 2.87. The smallest absolute Gasteiger partial charge is 0.339 e. The number of ether oxygens (including phenoxy) is 2. The van der Waals surface area contributed by atoms with Crippen molar-refractivity contribution >= 4 is 11.9 Å². The number of hydrogen-bond donors (Lipinski definition) is 1. The molecular weight excluding hydrogens is 550 g/mol. The highest BCUT2D eigenvalue weighted by Crippen LogP contribution is 2.35. The number of rotatable bonds is 30. The largest absolute Gasteiger partial charge is 0.492 e. The van der Waals surface area contributed by atoms with E-state index in [1.165, 1.54) is 149 Å². The lowest BCUT2D eigenvalue weighted by molar-refractivity contribution is 0.0688. The van der Waals surface area contributed by atoms with Crippen LogP contribution in [-0.4, -0.2) is 49.2 Å². The Morgan fingerprint density at radius 3 is 1.14 bits per heavy atom. The summed E-state index contributed by atoms with van der Waals surface area (Å²) >= 11 is 0. The zero-order valence-electron chi connectivity index (χ0n) is 29.1. The van der Waals surface area contributed by atoms with Crippen LogP contribution in [0.4, 0.5) is 0 Å². The maximum Gasteiger partial charge on any atom is 0.339 e. The summed E-state index contributed by atoms with van der Waals surface area (Å²) in [5.74, 6) is -0.916. The molecule has 0 heterocycles. The Morgan fingerprint density at radius 1 is 0.523 bits per heavy atom. The normalized spacial score (nSPS) is 11.1. The monoisotopic (exact) mass is 618 g/mol. The van der Waals surface area contributed by atoms with E-state index >= 15 is 0 Å². The second kappa shape index (κ2) is 27.1. The van der Waals surface area contributed by atoms with Crippen molar-refractivity contribution in [1.29, 1.82) is 0 Å². The average molecular weight is 618 g/mol. The molecule has 1 aromatic rings. The van der Waals surface area contributed by atoms with Crippen LogP contribution in [-0.2, 0) is 0 Å². The molecular formula is C38H67NO5. The summed E-state index contributed by atoms with van der Waals surface area (Å²) < 4.78 is 10.9. The van der Waals surface area contributed by atoms with Crippen LogP contribution in [0.25, 0.3) is 0 Å². The van der Waals surface area contributed by atoms with Crippen molar-refractivity contribution in [2.24, 2.45) is 0 Å². The van der Waals surface area contributed by atoms with Gasteiger partial charge in [-0.2, -0.15) is 0 Å². The van der Waals surface area contributed by atoms with Crippen molar-refractivity contribution in [1.82, 2.24) is 4.90 Å². The van der Waals surface area contributed by atoms with Crippen molar-refractivity contribution in [3.63, 3.8) is 0 Å². The van der Waals surface area contributed by atoms with Gasteiger partial charge in [-0.25, -0.2) is 4.79 Å². The molecule has 0 fully saturated rings. The number of carboxylic acids is 1. The van der Waals surface area contributed by atoms with Gasteiger partial charge in [0.15, 0.2) is 11.5 Å². The Balaban J connectivity index is 2.58. The van der Waals surface area contributed by atoms with Gasteiger partial charge < -0.3 is 19.5 Å². The Kier molecular flexibility index (Phi) is 24.5. The second-order valence-electron chi connectivity index (χ2n) is 12.6. The molecule has 1 N–H and O–H groups in total. The minimum absolute atomic E-state index is 0.00521. The first-order valence-electron chi connectivity index (χ1n) is 18.3. The summed E-state index contributed by atoms with van der Waals surface area (Å²) in [6.45, 7) is 5.95. The molecule has 44 heavy (non-hydrogen) atoms.